The number of carboxylic acid groups (broad SMARTS) is 1. The van der Waals surface area contributed by atoms with Gasteiger partial charge in [0.25, 0.3) is 0 Å². The van der Waals surface area contributed by atoms with Crippen molar-refractivity contribution in [3.05, 3.63) is 28.2 Å². The van der Waals surface area contributed by atoms with Crippen molar-refractivity contribution >= 4 is 34.2 Å². The molecule has 3 atom stereocenters. The molecule has 1 aromatic rings. The first-order valence-corrected chi connectivity index (χ1v) is 9.65. The van der Waals surface area contributed by atoms with E-state index in [1.54, 1.807) is 6.08 Å². The molecule has 0 saturated carbocycles. The van der Waals surface area contributed by atoms with Crippen LogP contribution in [0.1, 0.15) is 47.0 Å². The summed E-state index contributed by atoms with van der Waals surface area (Å²) in [6.07, 6.45) is 7.03. The van der Waals surface area contributed by atoms with Crippen LogP contribution in [0.3, 0.4) is 0 Å². The first-order valence-electron chi connectivity index (χ1n) is 8.83. The van der Waals surface area contributed by atoms with Gasteiger partial charge in [0.2, 0.25) is 5.91 Å². The fraction of sp³-hybridized carbons (Fsp3) is 0.526. The molecule has 1 aromatic heterocycles. The number of hydrogen-bond acceptors (Lipinski definition) is 5. The van der Waals surface area contributed by atoms with Gasteiger partial charge in [-0.2, -0.15) is 0 Å². The summed E-state index contributed by atoms with van der Waals surface area (Å²) in [7, 11) is 1.33. The van der Waals surface area contributed by atoms with Gasteiger partial charge in [-0.05, 0) is 43.6 Å². The number of hydrogen-bond donors (Lipinski definition) is 2. The molecule has 6 nitrogen and oxygen atoms in total. The monoisotopic (exact) mass is 377 g/mol. The Hall–Kier alpha value is -2.15. The highest BCUT2D eigenvalue weighted by atomic mass is 32.1. The van der Waals surface area contributed by atoms with E-state index in [1.165, 1.54) is 18.4 Å². The number of aliphatic carboxylic acids is 1. The lowest BCUT2D eigenvalue weighted by molar-refractivity contribution is -0.146. The van der Waals surface area contributed by atoms with Crippen molar-refractivity contribution in [1.29, 1.82) is 0 Å². The summed E-state index contributed by atoms with van der Waals surface area (Å²) < 4.78 is 4.93. The molecule has 1 amide bonds. The number of thiophene rings is 1. The molecule has 0 spiro atoms. The van der Waals surface area contributed by atoms with Crippen LogP contribution in [0.2, 0.25) is 0 Å². The zero-order valence-corrected chi connectivity index (χ0v) is 15.7. The van der Waals surface area contributed by atoms with E-state index in [-0.39, 0.29) is 5.91 Å². The van der Waals surface area contributed by atoms with Crippen molar-refractivity contribution in [3.8, 4) is 0 Å². The molecule has 0 aliphatic heterocycles. The number of carbonyl (C=O) groups excluding carboxylic acids is 2. The topological polar surface area (TPSA) is 92.7 Å². The summed E-state index contributed by atoms with van der Waals surface area (Å²) in [4.78, 5) is 37.6. The maximum Gasteiger partial charge on any atom is 0.341 e. The van der Waals surface area contributed by atoms with Crippen LogP contribution in [0, 0.1) is 17.8 Å². The quantitative estimate of drug-likeness (QED) is 0.621. The van der Waals surface area contributed by atoms with Gasteiger partial charge in [0.15, 0.2) is 0 Å². The Bertz CT molecular complexity index is 766. The molecule has 2 aliphatic carbocycles. The van der Waals surface area contributed by atoms with E-state index in [0.29, 0.717) is 29.3 Å². The number of nitrogens with one attached hydrogen (secondary N) is 1. The molecule has 26 heavy (non-hydrogen) atoms. The third-order valence-corrected chi connectivity index (χ3v) is 6.39. The summed E-state index contributed by atoms with van der Waals surface area (Å²) >= 11 is 1.41. The zero-order chi connectivity index (χ0) is 18.8. The van der Waals surface area contributed by atoms with Gasteiger partial charge in [-0.25, -0.2) is 4.79 Å². The van der Waals surface area contributed by atoms with Crippen LogP contribution in [0.15, 0.2) is 12.2 Å². The van der Waals surface area contributed by atoms with Crippen molar-refractivity contribution in [2.45, 2.75) is 39.0 Å². The van der Waals surface area contributed by atoms with Crippen LogP contribution in [0.25, 0.3) is 0 Å². The van der Waals surface area contributed by atoms with Crippen molar-refractivity contribution in [2.24, 2.45) is 17.8 Å². The van der Waals surface area contributed by atoms with Gasteiger partial charge in [0.05, 0.1) is 24.5 Å². The van der Waals surface area contributed by atoms with Crippen LogP contribution in [-0.4, -0.2) is 30.1 Å². The maximum atomic E-state index is 12.8. The number of carbonyl (C=O) groups is 3. The van der Waals surface area contributed by atoms with E-state index >= 15 is 0 Å². The van der Waals surface area contributed by atoms with E-state index < -0.39 is 23.8 Å². The van der Waals surface area contributed by atoms with Crippen molar-refractivity contribution in [1.82, 2.24) is 0 Å². The molecule has 3 rings (SSSR count). The SMILES string of the molecule is COC(=O)c1c(NC(=O)[C@H]2CC=CC[C@H]2C(=O)O)sc2c1CC[C@H](C)C2. The van der Waals surface area contributed by atoms with Crippen molar-refractivity contribution < 1.29 is 24.2 Å². The van der Waals surface area contributed by atoms with E-state index in [9.17, 15) is 19.5 Å². The van der Waals surface area contributed by atoms with Crippen molar-refractivity contribution in [3.63, 3.8) is 0 Å². The number of esters is 1. The first-order chi connectivity index (χ1) is 12.4. The number of ether oxygens (including phenoxy) is 1. The number of allylic oxidation sites excluding steroid dienone is 2. The Labute approximate surface area is 156 Å². The molecular formula is C19H23NO5S. The minimum absolute atomic E-state index is 0.343. The standard InChI is InChI=1S/C19H23NO5S/c1-10-7-8-13-14(9-10)26-17(15(13)19(24)25-2)20-16(21)11-5-3-4-6-12(11)18(22)23/h3-4,10-12H,5-9H2,1-2H3,(H,20,21)(H,22,23)/t10-,11-,12+/m0/s1. The van der Waals surface area contributed by atoms with Crippen LogP contribution >= 0.6 is 11.3 Å². The van der Waals surface area contributed by atoms with Crippen LogP contribution in [0.5, 0.6) is 0 Å². The van der Waals surface area contributed by atoms with Crippen LogP contribution in [0.4, 0.5) is 5.00 Å². The lowest BCUT2D eigenvalue weighted by atomic mass is 9.82. The van der Waals surface area contributed by atoms with Gasteiger partial charge in [0, 0.05) is 4.88 Å². The number of fused-ring (bicyclic) bond motifs is 1. The number of rotatable bonds is 4. The van der Waals surface area contributed by atoms with E-state index in [4.69, 9.17) is 4.74 Å². The zero-order valence-electron chi connectivity index (χ0n) is 14.9. The molecule has 0 bridgehead atoms. The number of carboxylic acids is 1. The Balaban J connectivity index is 1.89. The summed E-state index contributed by atoms with van der Waals surface area (Å²) in [6, 6.07) is 0. The molecule has 0 aromatic carbocycles. The fourth-order valence-electron chi connectivity index (χ4n) is 3.74. The summed E-state index contributed by atoms with van der Waals surface area (Å²) in [5.41, 5.74) is 1.40. The molecule has 0 saturated heterocycles. The molecular weight excluding hydrogens is 354 g/mol. The number of anilines is 1. The average molecular weight is 377 g/mol. The van der Waals surface area contributed by atoms with E-state index in [2.05, 4.69) is 12.2 Å². The second-order valence-electron chi connectivity index (χ2n) is 7.03. The number of methoxy groups -OCH3 is 1. The molecule has 2 aliphatic rings. The fourth-order valence-corrected chi connectivity index (χ4v) is 5.14. The lowest BCUT2D eigenvalue weighted by Crippen LogP contribution is -2.34. The third-order valence-electron chi connectivity index (χ3n) is 5.22. The van der Waals surface area contributed by atoms with Gasteiger partial charge < -0.3 is 15.2 Å². The molecule has 0 radical (unpaired) electrons. The van der Waals surface area contributed by atoms with Gasteiger partial charge in [-0.1, -0.05) is 19.1 Å². The summed E-state index contributed by atoms with van der Waals surface area (Å²) in [6.45, 7) is 2.17. The highest BCUT2D eigenvalue weighted by molar-refractivity contribution is 7.17. The van der Waals surface area contributed by atoms with Crippen LogP contribution in [-0.2, 0) is 27.2 Å². The van der Waals surface area contributed by atoms with E-state index in [0.717, 1.165) is 29.7 Å². The average Bonchev–Trinajstić information content (AvgIpc) is 2.97. The smallest absolute Gasteiger partial charge is 0.341 e. The molecule has 7 heteroatoms. The minimum Gasteiger partial charge on any atom is -0.481 e. The Morgan fingerprint density at radius 2 is 1.92 bits per heavy atom. The minimum atomic E-state index is -0.970. The Kier molecular flexibility index (Phi) is 5.46. The van der Waals surface area contributed by atoms with Gasteiger partial charge >= 0.3 is 11.9 Å². The number of amides is 1. The second-order valence-corrected chi connectivity index (χ2v) is 8.14. The molecule has 140 valence electrons. The highest BCUT2D eigenvalue weighted by Crippen LogP contribution is 2.40. The van der Waals surface area contributed by atoms with Gasteiger partial charge in [0.1, 0.15) is 5.00 Å². The summed E-state index contributed by atoms with van der Waals surface area (Å²) in [5.74, 6) is -2.61. The van der Waals surface area contributed by atoms with Crippen LogP contribution < -0.4 is 5.32 Å². The second kappa shape index (κ2) is 7.61. The molecule has 2 N–H and O–H groups in total. The molecule has 1 heterocycles. The summed E-state index contributed by atoms with van der Waals surface area (Å²) in [5, 5.41) is 12.7. The van der Waals surface area contributed by atoms with E-state index in [1.807, 2.05) is 6.08 Å². The predicted octanol–water partition coefficient (Wildman–Crippen LogP) is 3.27. The Morgan fingerprint density at radius 1 is 1.23 bits per heavy atom. The lowest BCUT2D eigenvalue weighted by Gasteiger charge is -2.24. The predicted molar refractivity (Wildman–Crippen MR) is 98.5 cm³/mol. The van der Waals surface area contributed by atoms with Crippen molar-refractivity contribution in [2.75, 3.05) is 12.4 Å². The van der Waals surface area contributed by atoms with Gasteiger partial charge in [-0.3, -0.25) is 9.59 Å². The third kappa shape index (κ3) is 3.53. The highest BCUT2D eigenvalue weighted by Gasteiger charge is 2.36. The Morgan fingerprint density at radius 3 is 2.58 bits per heavy atom. The molecule has 0 fully saturated rings. The first kappa shape index (κ1) is 18.6. The normalized spacial score (nSPS) is 24.6. The van der Waals surface area contributed by atoms with Gasteiger partial charge in [-0.15, -0.1) is 11.3 Å². The maximum absolute atomic E-state index is 12.8. The molecule has 0 unspecified atom stereocenters. The largest absolute Gasteiger partial charge is 0.481 e.